The van der Waals surface area contributed by atoms with Crippen molar-refractivity contribution in [2.75, 3.05) is 31.1 Å². The molecule has 0 amide bonds. The monoisotopic (exact) mass is 558 g/mol. The van der Waals surface area contributed by atoms with E-state index in [9.17, 15) is 18.7 Å². The molecule has 3 aliphatic rings. The van der Waals surface area contributed by atoms with Crippen molar-refractivity contribution in [2.45, 2.75) is 50.4 Å². The summed E-state index contributed by atoms with van der Waals surface area (Å²) in [6, 6.07) is 7.38. The molecule has 41 heavy (non-hydrogen) atoms. The van der Waals surface area contributed by atoms with Gasteiger partial charge in [0.05, 0.1) is 16.6 Å². The van der Waals surface area contributed by atoms with Gasteiger partial charge in [-0.15, -0.1) is 6.42 Å². The van der Waals surface area contributed by atoms with Gasteiger partial charge in [0.15, 0.2) is 5.82 Å². The third kappa shape index (κ3) is 4.10. The van der Waals surface area contributed by atoms with E-state index in [1.54, 1.807) is 6.07 Å². The maximum absolute atomic E-state index is 14.7. The van der Waals surface area contributed by atoms with Gasteiger partial charge in [-0.2, -0.15) is 9.97 Å². The van der Waals surface area contributed by atoms with E-state index in [-0.39, 0.29) is 57.7 Å². The average molecular weight is 559 g/mol. The minimum Gasteiger partial charge on any atom is -0.508 e. The number of hydrogen-bond donors (Lipinski definition) is 1. The van der Waals surface area contributed by atoms with Crippen molar-refractivity contribution in [1.82, 2.24) is 14.9 Å². The molecule has 0 aliphatic carbocycles. The molecule has 8 nitrogen and oxygen atoms in total. The van der Waals surface area contributed by atoms with Crippen molar-refractivity contribution in [2.24, 2.45) is 0 Å². The van der Waals surface area contributed by atoms with Gasteiger partial charge >= 0.3 is 11.6 Å². The Morgan fingerprint density at radius 1 is 1.24 bits per heavy atom. The van der Waals surface area contributed by atoms with E-state index in [4.69, 9.17) is 15.6 Å². The molecule has 0 spiro atoms. The van der Waals surface area contributed by atoms with Crippen LogP contribution < -0.4 is 15.3 Å². The van der Waals surface area contributed by atoms with Gasteiger partial charge < -0.3 is 19.2 Å². The number of phenolic OH excluding ortho intramolecular Hbond substituents is 1. The number of fused-ring (bicyclic) bond motifs is 3. The number of rotatable bonds is 5. The number of aromatic nitrogens is 2. The topological polar surface area (TPSA) is 91.9 Å². The highest BCUT2D eigenvalue weighted by Gasteiger charge is 2.49. The molecule has 0 radical (unpaired) electrons. The van der Waals surface area contributed by atoms with Crippen molar-refractivity contribution in [1.29, 1.82) is 0 Å². The SMILES string of the molecule is C#Cc1c(F)ccc2cc(O)cc(-c3cc4nc(OC[C@@]56CCCN5C[C@H](F)C6)nc(N5CC[C@H]5C)c4c(=O)o3)c12. The van der Waals surface area contributed by atoms with Crippen LogP contribution >= 0.6 is 0 Å². The lowest BCUT2D eigenvalue weighted by Gasteiger charge is -2.40. The quantitative estimate of drug-likeness (QED) is 0.350. The number of ether oxygens (including phenoxy) is 1. The average Bonchev–Trinajstić information content (AvgIpc) is 3.46. The maximum atomic E-state index is 14.7. The summed E-state index contributed by atoms with van der Waals surface area (Å²) < 4.78 is 40.9. The third-order valence-corrected chi connectivity index (χ3v) is 8.86. The first-order chi connectivity index (χ1) is 19.8. The van der Waals surface area contributed by atoms with Crippen LogP contribution in [-0.2, 0) is 0 Å². The molecule has 2 aromatic heterocycles. The van der Waals surface area contributed by atoms with Crippen LogP contribution in [-0.4, -0.2) is 64.0 Å². The van der Waals surface area contributed by atoms with Crippen LogP contribution in [0.25, 0.3) is 33.0 Å². The fourth-order valence-electron chi connectivity index (χ4n) is 6.69. The number of hydrogen-bond acceptors (Lipinski definition) is 8. The Bertz CT molecular complexity index is 1820. The van der Waals surface area contributed by atoms with Gasteiger partial charge in [-0.25, -0.2) is 13.6 Å². The molecule has 0 saturated carbocycles. The Morgan fingerprint density at radius 3 is 2.85 bits per heavy atom. The standard InChI is InChI=1S/C31H28F2N4O4/c1-3-21-23(33)6-5-18-11-20(38)12-22(26(18)21)25-13-24-27(29(39)41-25)28(37-10-7-17(37)2)35-30(34-24)40-16-31-8-4-9-36(31)15-19(32)14-31/h1,5-6,11-13,17,19,38H,4,7-10,14-16H2,2H3/t17-,19-,31+/m1/s1. The van der Waals surface area contributed by atoms with Gasteiger partial charge in [-0.05, 0) is 56.3 Å². The molecule has 3 atom stereocenters. The number of anilines is 1. The highest BCUT2D eigenvalue weighted by atomic mass is 19.1. The minimum atomic E-state index is -0.893. The first kappa shape index (κ1) is 25.7. The van der Waals surface area contributed by atoms with Gasteiger partial charge in [-0.3, -0.25) is 4.90 Å². The zero-order chi connectivity index (χ0) is 28.5. The predicted octanol–water partition coefficient (Wildman–Crippen LogP) is 4.78. The molecule has 7 rings (SSSR count). The molecule has 10 heteroatoms. The molecule has 0 unspecified atom stereocenters. The number of terminal acetylenes is 1. The van der Waals surface area contributed by atoms with E-state index in [0.717, 1.165) is 25.8 Å². The van der Waals surface area contributed by atoms with E-state index in [1.807, 2.05) is 11.8 Å². The number of aromatic hydroxyl groups is 1. The van der Waals surface area contributed by atoms with Crippen molar-refractivity contribution in [3.05, 3.63) is 52.1 Å². The summed E-state index contributed by atoms with van der Waals surface area (Å²) in [4.78, 5) is 26.9. The van der Waals surface area contributed by atoms with Gasteiger partial charge in [0.2, 0.25) is 0 Å². The van der Waals surface area contributed by atoms with E-state index < -0.39 is 17.6 Å². The Morgan fingerprint density at radius 2 is 2.10 bits per heavy atom. The number of nitrogens with zero attached hydrogens (tertiary/aromatic N) is 4. The Kier molecular flexibility index (Phi) is 5.91. The number of benzene rings is 2. The van der Waals surface area contributed by atoms with E-state index >= 15 is 0 Å². The third-order valence-electron chi connectivity index (χ3n) is 8.86. The number of halogens is 2. The lowest BCUT2D eigenvalue weighted by molar-refractivity contribution is 0.107. The first-order valence-corrected chi connectivity index (χ1v) is 13.8. The summed E-state index contributed by atoms with van der Waals surface area (Å²) in [6.45, 7) is 4.22. The van der Waals surface area contributed by atoms with Crippen molar-refractivity contribution in [3.8, 4) is 35.4 Å². The van der Waals surface area contributed by atoms with Crippen LogP contribution in [0.1, 0.15) is 38.2 Å². The summed E-state index contributed by atoms with van der Waals surface area (Å²) in [6.07, 6.45) is 7.92. The van der Waals surface area contributed by atoms with Crippen LogP contribution in [0.5, 0.6) is 11.8 Å². The fraction of sp³-hybridized carbons (Fsp3) is 0.387. The van der Waals surface area contributed by atoms with E-state index in [1.165, 1.54) is 24.3 Å². The molecule has 5 heterocycles. The Labute approximate surface area is 234 Å². The van der Waals surface area contributed by atoms with Crippen LogP contribution in [0.3, 0.4) is 0 Å². The van der Waals surface area contributed by atoms with Crippen molar-refractivity contribution in [3.63, 3.8) is 0 Å². The molecule has 3 saturated heterocycles. The van der Waals surface area contributed by atoms with Crippen LogP contribution in [0.15, 0.2) is 39.5 Å². The highest BCUT2D eigenvalue weighted by Crippen LogP contribution is 2.41. The van der Waals surface area contributed by atoms with Crippen LogP contribution in [0.4, 0.5) is 14.6 Å². The van der Waals surface area contributed by atoms with E-state index in [2.05, 4.69) is 20.8 Å². The molecule has 2 aromatic carbocycles. The second kappa shape index (κ2) is 9.42. The molecule has 1 N–H and O–H groups in total. The minimum absolute atomic E-state index is 0.00912. The number of alkyl halides is 1. The van der Waals surface area contributed by atoms with Crippen molar-refractivity contribution >= 4 is 27.5 Å². The summed E-state index contributed by atoms with van der Waals surface area (Å²) in [5, 5.41) is 11.5. The zero-order valence-electron chi connectivity index (χ0n) is 22.5. The molecular formula is C31H28F2N4O4. The molecule has 0 bridgehead atoms. The first-order valence-electron chi connectivity index (χ1n) is 13.8. The van der Waals surface area contributed by atoms with Crippen LogP contribution in [0.2, 0.25) is 0 Å². The predicted molar refractivity (Wildman–Crippen MR) is 151 cm³/mol. The smallest absolute Gasteiger partial charge is 0.349 e. The molecular weight excluding hydrogens is 530 g/mol. The van der Waals surface area contributed by atoms with Crippen LogP contribution in [0, 0.1) is 18.2 Å². The Balaban J connectivity index is 1.38. The molecule has 210 valence electrons. The molecule has 3 aliphatic heterocycles. The maximum Gasteiger partial charge on any atom is 0.349 e. The molecule has 4 aromatic rings. The van der Waals surface area contributed by atoms with E-state index in [0.29, 0.717) is 36.1 Å². The van der Waals surface area contributed by atoms with Crippen molar-refractivity contribution < 1.29 is 23.0 Å². The summed E-state index contributed by atoms with van der Waals surface area (Å²) in [7, 11) is 0. The van der Waals surface area contributed by atoms with Gasteiger partial charge in [0.1, 0.15) is 35.5 Å². The fourth-order valence-corrected chi connectivity index (χ4v) is 6.69. The largest absolute Gasteiger partial charge is 0.508 e. The summed E-state index contributed by atoms with van der Waals surface area (Å²) in [5.74, 6) is 2.15. The van der Waals surface area contributed by atoms with Gasteiger partial charge in [0.25, 0.3) is 0 Å². The lowest BCUT2D eigenvalue weighted by Crippen LogP contribution is -2.47. The van der Waals surface area contributed by atoms with Gasteiger partial charge in [0, 0.05) is 42.6 Å². The van der Waals surface area contributed by atoms with Gasteiger partial charge in [-0.1, -0.05) is 12.0 Å². The number of phenols is 1. The molecule has 3 fully saturated rings. The summed E-state index contributed by atoms with van der Waals surface area (Å²) >= 11 is 0. The lowest BCUT2D eigenvalue weighted by atomic mass is 9.95. The normalized spacial score (nSPS) is 24.0. The zero-order valence-corrected chi connectivity index (χ0v) is 22.5. The second-order valence-corrected chi connectivity index (χ2v) is 11.3. The Hall–Kier alpha value is -4.23. The highest BCUT2D eigenvalue weighted by molar-refractivity contribution is 6.02. The summed E-state index contributed by atoms with van der Waals surface area (Å²) in [5.41, 5.74) is -0.540. The second-order valence-electron chi connectivity index (χ2n) is 11.3.